The summed E-state index contributed by atoms with van der Waals surface area (Å²) in [5.74, 6) is 0.519. The average Bonchev–Trinajstić information content (AvgIpc) is 3.49. The van der Waals surface area contributed by atoms with E-state index in [1.165, 1.54) is 36.8 Å². The van der Waals surface area contributed by atoms with Crippen LogP contribution in [0.4, 0.5) is 5.82 Å². The highest BCUT2D eigenvalue weighted by atomic mass is 15.1. The van der Waals surface area contributed by atoms with Crippen molar-refractivity contribution in [2.75, 3.05) is 18.8 Å². The smallest absolute Gasteiger partial charge is 0.153 e. The van der Waals surface area contributed by atoms with E-state index in [1.54, 1.807) is 0 Å². The van der Waals surface area contributed by atoms with Crippen LogP contribution in [0.25, 0.3) is 44.3 Å². The standard InChI is InChI=1S/C29H34N6/c1-3-5-14-35(15-6-4-2)19-20-8-7-9-22(16-20)27-18-24-23(12-13-31-29(24)32-27)21-10-11-26-25(17-21)28(30)34-33-26/h7-13,16-18H,3-6,14-15,19H2,1-2H3,(H,31,32)(H3,30,33,34). The number of anilines is 1. The molecule has 180 valence electrons. The lowest BCUT2D eigenvalue weighted by Gasteiger charge is -2.22. The summed E-state index contributed by atoms with van der Waals surface area (Å²) in [6, 6.07) is 19.4. The molecule has 0 aliphatic carbocycles. The van der Waals surface area contributed by atoms with Gasteiger partial charge in [-0.1, -0.05) is 51.0 Å². The van der Waals surface area contributed by atoms with E-state index in [9.17, 15) is 0 Å². The maximum absolute atomic E-state index is 6.05. The van der Waals surface area contributed by atoms with Gasteiger partial charge in [-0.05, 0) is 78.5 Å². The number of fused-ring (bicyclic) bond motifs is 2. The molecule has 5 rings (SSSR count). The molecule has 0 aliphatic heterocycles. The van der Waals surface area contributed by atoms with Gasteiger partial charge in [-0.2, -0.15) is 5.10 Å². The number of unbranched alkanes of at least 4 members (excludes halogenated alkanes) is 2. The molecule has 0 atom stereocenters. The Balaban J connectivity index is 1.46. The van der Waals surface area contributed by atoms with E-state index in [-0.39, 0.29) is 0 Å². The van der Waals surface area contributed by atoms with Crippen molar-refractivity contribution in [1.29, 1.82) is 0 Å². The third kappa shape index (κ3) is 4.93. The first-order chi connectivity index (χ1) is 17.2. The first-order valence-electron chi connectivity index (χ1n) is 12.7. The second-order valence-corrected chi connectivity index (χ2v) is 9.36. The van der Waals surface area contributed by atoms with Gasteiger partial charge in [0, 0.05) is 29.2 Å². The number of aromatic nitrogens is 4. The van der Waals surface area contributed by atoms with Crippen molar-refractivity contribution in [3.05, 3.63) is 66.4 Å². The first kappa shape index (κ1) is 23.1. The molecular formula is C29H34N6. The molecule has 0 spiro atoms. The van der Waals surface area contributed by atoms with Crippen LogP contribution < -0.4 is 5.73 Å². The van der Waals surface area contributed by atoms with Crippen LogP contribution in [0.15, 0.2) is 60.8 Å². The summed E-state index contributed by atoms with van der Waals surface area (Å²) in [6.45, 7) is 7.83. The Morgan fingerprint density at radius 1 is 0.886 bits per heavy atom. The third-order valence-electron chi connectivity index (χ3n) is 6.74. The van der Waals surface area contributed by atoms with Crippen molar-refractivity contribution in [1.82, 2.24) is 25.1 Å². The predicted molar refractivity (Wildman–Crippen MR) is 146 cm³/mol. The Bertz CT molecular complexity index is 1420. The highest BCUT2D eigenvalue weighted by Gasteiger charge is 2.13. The fourth-order valence-electron chi connectivity index (χ4n) is 4.76. The fourth-order valence-corrected chi connectivity index (χ4v) is 4.76. The Labute approximate surface area is 206 Å². The van der Waals surface area contributed by atoms with Crippen molar-refractivity contribution >= 4 is 27.8 Å². The van der Waals surface area contributed by atoms with Gasteiger partial charge in [0.15, 0.2) is 5.82 Å². The van der Waals surface area contributed by atoms with Crippen molar-refractivity contribution < 1.29 is 0 Å². The normalized spacial score (nSPS) is 11.7. The van der Waals surface area contributed by atoms with Crippen LogP contribution >= 0.6 is 0 Å². The van der Waals surface area contributed by atoms with Crippen LogP contribution in [0.2, 0.25) is 0 Å². The van der Waals surface area contributed by atoms with Gasteiger partial charge in [0.2, 0.25) is 0 Å². The highest BCUT2D eigenvalue weighted by molar-refractivity contribution is 5.99. The average molecular weight is 467 g/mol. The molecule has 2 aromatic carbocycles. The molecule has 0 fully saturated rings. The van der Waals surface area contributed by atoms with Crippen LogP contribution in [-0.2, 0) is 6.54 Å². The third-order valence-corrected chi connectivity index (χ3v) is 6.74. The quantitative estimate of drug-likeness (QED) is 0.212. The fraction of sp³-hybridized carbons (Fsp3) is 0.310. The lowest BCUT2D eigenvalue weighted by atomic mass is 10.0. The van der Waals surface area contributed by atoms with Gasteiger partial charge in [0.05, 0.1) is 5.52 Å². The number of hydrogen-bond donors (Lipinski definition) is 3. The van der Waals surface area contributed by atoms with Gasteiger partial charge in [0.25, 0.3) is 0 Å². The Hall–Kier alpha value is -3.64. The van der Waals surface area contributed by atoms with E-state index >= 15 is 0 Å². The van der Waals surface area contributed by atoms with Crippen LogP contribution in [0.5, 0.6) is 0 Å². The summed E-state index contributed by atoms with van der Waals surface area (Å²) in [5, 5.41) is 9.14. The Morgan fingerprint density at radius 3 is 2.51 bits per heavy atom. The second kappa shape index (κ2) is 10.3. The van der Waals surface area contributed by atoms with Crippen molar-refractivity contribution in [2.45, 2.75) is 46.1 Å². The molecule has 0 unspecified atom stereocenters. The van der Waals surface area contributed by atoms with Gasteiger partial charge in [-0.3, -0.25) is 10.00 Å². The summed E-state index contributed by atoms with van der Waals surface area (Å²) in [5.41, 5.74) is 13.7. The predicted octanol–water partition coefficient (Wildman–Crippen LogP) is 6.76. The maximum Gasteiger partial charge on any atom is 0.153 e. The van der Waals surface area contributed by atoms with Crippen molar-refractivity contribution in [2.24, 2.45) is 0 Å². The summed E-state index contributed by atoms with van der Waals surface area (Å²) in [6.07, 6.45) is 6.81. The molecular weight excluding hydrogens is 432 g/mol. The summed E-state index contributed by atoms with van der Waals surface area (Å²) in [4.78, 5) is 10.8. The van der Waals surface area contributed by atoms with Crippen LogP contribution in [0, 0.1) is 0 Å². The monoisotopic (exact) mass is 466 g/mol. The number of nitrogens with one attached hydrogen (secondary N) is 2. The Kier molecular flexibility index (Phi) is 6.82. The largest absolute Gasteiger partial charge is 0.382 e. The zero-order valence-corrected chi connectivity index (χ0v) is 20.6. The molecule has 5 aromatic rings. The minimum atomic E-state index is 0.519. The Morgan fingerprint density at radius 2 is 1.71 bits per heavy atom. The lowest BCUT2D eigenvalue weighted by molar-refractivity contribution is 0.257. The zero-order chi connectivity index (χ0) is 24.2. The van der Waals surface area contributed by atoms with E-state index in [0.717, 1.165) is 58.4 Å². The lowest BCUT2D eigenvalue weighted by Crippen LogP contribution is -2.25. The highest BCUT2D eigenvalue weighted by Crippen LogP contribution is 2.33. The number of benzene rings is 2. The van der Waals surface area contributed by atoms with E-state index in [2.05, 4.69) is 87.4 Å². The molecule has 0 bridgehead atoms. The van der Waals surface area contributed by atoms with Crippen LogP contribution in [0.1, 0.15) is 45.1 Å². The maximum atomic E-state index is 6.05. The number of nitrogens with two attached hydrogens (primary N) is 1. The first-order valence-corrected chi connectivity index (χ1v) is 12.7. The molecule has 3 heterocycles. The number of pyridine rings is 1. The van der Waals surface area contributed by atoms with Gasteiger partial charge < -0.3 is 10.7 Å². The van der Waals surface area contributed by atoms with E-state index in [0.29, 0.717) is 5.82 Å². The zero-order valence-electron chi connectivity index (χ0n) is 20.6. The number of nitrogens with zero attached hydrogens (tertiary/aromatic N) is 3. The molecule has 4 N–H and O–H groups in total. The molecule has 0 saturated carbocycles. The van der Waals surface area contributed by atoms with E-state index < -0.39 is 0 Å². The molecule has 6 heteroatoms. The van der Waals surface area contributed by atoms with E-state index in [4.69, 9.17) is 5.73 Å². The molecule has 35 heavy (non-hydrogen) atoms. The molecule has 6 nitrogen and oxygen atoms in total. The van der Waals surface area contributed by atoms with Gasteiger partial charge in [-0.15, -0.1) is 0 Å². The van der Waals surface area contributed by atoms with Gasteiger partial charge in [0.1, 0.15) is 5.65 Å². The number of H-pyrrole nitrogens is 2. The topological polar surface area (TPSA) is 86.6 Å². The second-order valence-electron chi connectivity index (χ2n) is 9.36. The number of aromatic amines is 2. The molecule has 0 aliphatic rings. The van der Waals surface area contributed by atoms with Crippen molar-refractivity contribution in [3.63, 3.8) is 0 Å². The van der Waals surface area contributed by atoms with Crippen LogP contribution in [-0.4, -0.2) is 38.2 Å². The van der Waals surface area contributed by atoms with Gasteiger partial charge >= 0.3 is 0 Å². The SMILES string of the molecule is CCCCN(CCCC)Cc1cccc(-c2cc3c(-c4ccc5[nH]nc(N)c5c4)ccnc3[nH]2)c1. The van der Waals surface area contributed by atoms with E-state index in [1.807, 2.05) is 12.3 Å². The number of nitrogen functional groups attached to an aromatic ring is 1. The van der Waals surface area contributed by atoms with Crippen molar-refractivity contribution in [3.8, 4) is 22.4 Å². The molecule has 0 saturated heterocycles. The summed E-state index contributed by atoms with van der Waals surface area (Å²) < 4.78 is 0. The molecule has 0 radical (unpaired) electrons. The number of rotatable bonds is 10. The minimum Gasteiger partial charge on any atom is -0.382 e. The molecule has 3 aromatic heterocycles. The number of hydrogen-bond acceptors (Lipinski definition) is 4. The van der Waals surface area contributed by atoms with Gasteiger partial charge in [-0.25, -0.2) is 4.98 Å². The van der Waals surface area contributed by atoms with Crippen LogP contribution in [0.3, 0.4) is 0 Å². The molecule has 0 amide bonds. The minimum absolute atomic E-state index is 0.519. The summed E-state index contributed by atoms with van der Waals surface area (Å²) in [7, 11) is 0. The summed E-state index contributed by atoms with van der Waals surface area (Å²) >= 11 is 0.